The molecule has 2 atom stereocenters. The molecule has 1 aromatic carbocycles. The Labute approximate surface area is 149 Å². The first kappa shape index (κ1) is 17.5. The van der Waals surface area contributed by atoms with Crippen LogP contribution in [0.15, 0.2) is 36.9 Å². The summed E-state index contributed by atoms with van der Waals surface area (Å²) in [4.78, 5) is 18.9. The Balaban J connectivity index is 1.72. The number of carbonyl (C=O) groups excluding carboxylic acids is 1. The summed E-state index contributed by atoms with van der Waals surface area (Å²) in [5, 5.41) is 7.33. The largest absolute Gasteiger partial charge is 0.331 e. The van der Waals surface area contributed by atoms with Crippen LogP contribution in [0.2, 0.25) is 0 Å². The lowest BCUT2D eigenvalue weighted by Crippen LogP contribution is -2.48. The van der Waals surface area contributed by atoms with Crippen molar-refractivity contribution < 1.29 is 4.79 Å². The fourth-order valence-electron chi connectivity index (χ4n) is 2.98. The normalized spacial score (nSPS) is 16.5. The molecule has 0 radical (unpaired) electrons. The van der Waals surface area contributed by atoms with Gasteiger partial charge in [-0.05, 0) is 50.3 Å². The van der Waals surface area contributed by atoms with Gasteiger partial charge in [0.05, 0.1) is 11.7 Å². The van der Waals surface area contributed by atoms with E-state index in [1.54, 1.807) is 11.0 Å². The quantitative estimate of drug-likeness (QED) is 0.874. The van der Waals surface area contributed by atoms with Gasteiger partial charge in [0.25, 0.3) is 0 Å². The molecule has 0 saturated heterocycles. The molecule has 0 bridgehead atoms. The minimum Gasteiger partial charge on any atom is -0.331 e. The smallest absolute Gasteiger partial charge is 0.318 e. The van der Waals surface area contributed by atoms with Crippen LogP contribution in [-0.2, 0) is 0 Å². The average molecular weight is 341 g/mol. The topological polar surface area (TPSA) is 63.1 Å². The Morgan fingerprint density at radius 2 is 2.04 bits per heavy atom. The van der Waals surface area contributed by atoms with E-state index in [4.69, 9.17) is 0 Å². The fourth-order valence-corrected chi connectivity index (χ4v) is 2.98. The number of nitrogens with zero attached hydrogens (tertiary/aromatic N) is 4. The van der Waals surface area contributed by atoms with Crippen molar-refractivity contribution in [3.63, 3.8) is 0 Å². The summed E-state index contributed by atoms with van der Waals surface area (Å²) in [5.74, 6) is 0.442. The third-order valence-electron chi connectivity index (χ3n) is 4.97. The van der Waals surface area contributed by atoms with Crippen LogP contribution in [0.1, 0.15) is 52.1 Å². The number of urea groups is 1. The lowest BCUT2D eigenvalue weighted by molar-refractivity contribution is 0.154. The summed E-state index contributed by atoms with van der Waals surface area (Å²) in [7, 11) is 0. The van der Waals surface area contributed by atoms with E-state index in [0.29, 0.717) is 12.0 Å². The molecule has 6 nitrogen and oxygen atoms in total. The van der Waals surface area contributed by atoms with E-state index in [1.807, 2.05) is 36.1 Å². The zero-order chi connectivity index (χ0) is 18.0. The van der Waals surface area contributed by atoms with E-state index in [2.05, 4.69) is 36.2 Å². The van der Waals surface area contributed by atoms with Crippen molar-refractivity contribution in [3.05, 3.63) is 42.5 Å². The number of nitrogens with one attached hydrogen (secondary N) is 1. The summed E-state index contributed by atoms with van der Waals surface area (Å²) >= 11 is 0. The van der Waals surface area contributed by atoms with E-state index in [-0.39, 0.29) is 18.1 Å². The lowest BCUT2D eigenvalue weighted by Gasteiger charge is -2.33. The molecule has 6 heteroatoms. The molecule has 2 aromatic rings. The molecule has 1 N–H and O–H groups in total. The van der Waals surface area contributed by atoms with Gasteiger partial charge in [-0.3, -0.25) is 0 Å². The van der Waals surface area contributed by atoms with E-state index in [1.165, 1.54) is 6.33 Å². The van der Waals surface area contributed by atoms with Gasteiger partial charge in [-0.1, -0.05) is 26.0 Å². The molecule has 3 rings (SSSR count). The maximum absolute atomic E-state index is 12.9. The molecule has 1 aliphatic carbocycles. The first-order valence-corrected chi connectivity index (χ1v) is 9.01. The number of rotatable bonds is 6. The van der Waals surface area contributed by atoms with Crippen molar-refractivity contribution >= 4 is 6.03 Å². The molecule has 0 spiro atoms. The molecule has 0 unspecified atom stereocenters. The van der Waals surface area contributed by atoms with E-state index in [9.17, 15) is 4.79 Å². The fraction of sp³-hybridized carbons (Fsp3) is 0.526. The van der Waals surface area contributed by atoms with Gasteiger partial charge in [0.1, 0.15) is 12.7 Å². The Morgan fingerprint density at radius 3 is 2.64 bits per heavy atom. The summed E-state index contributed by atoms with van der Waals surface area (Å²) in [5.41, 5.74) is 1.99. The molecule has 0 aliphatic heterocycles. The van der Waals surface area contributed by atoms with Crippen LogP contribution in [0.5, 0.6) is 0 Å². The van der Waals surface area contributed by atoms with Crippen LogP contribution in [0.4, 0.5) is 4.79 Å². The number of amides is 2. The van der Waals surface area contributed by atoms with Crippen LogP contribution in [0.25, 0.3) is 5.69 Å². The van der Waals surface area contributed by atoms with E-state index < -0.39 is 0 Å². The molecule has 134 valence electrons. The number of hydrogen-bond acceptors (Lipinski definition) is 3. The molecule has 1 heterocycles. The molecule has 2 amide bonds. The number of benzene rings is 1. The predicted octanol–water partition coefficient (Wildman–Crippen LogP) is 3.55. The van der Waals surface area contributed by atoms with Gasteiger partial charge in [0.15, 0.2) is 0 Å². The molecule has 1 saturated carbocycles. The number of carbonyl (C=O) groups is 1. The van der Waals surface area contributed by atoms with Gasteiger partial charge in [-0.15, -0.1) is 0 Å². The highest BCUT2D eigenvalue weighted by molar-refractivity contribution is 5.76. The van der Waals surface area contributed by atoms with Crippen LogP contribution in [0, 0.1) is 5.92 Å². The first-order chi connectivity index (χ1) is 12.0. The minimum atomic E-state index is -0.0726. The lowest BCUT2D eigenvalue weighted by atomic mass is 10.0. The molecular weight excluding hydrogens is 314 g/mol. The highest BCUT2D eigenvalue weighted by atomic mass is 16.2. The van der Waals surface area contributed by atoms with E-state index in [0.717, 1.165) is 24.1 Å². The second-order valence-corrected chi connectivity index (χ2v) is 7.23. The monoisotopic (exact) mass is 341 g/mol. The third kappa shape index (κ3) is 4.00. The molecular formula is C19H27N5O. The van der Waals surface area contributed by atoms with Crippen LogP contribution >= 0.6 is 0 Å². The standard InChI is InChI=1S/C19H27N5O/c1-13(2)15(4)24(17-8-9-17)19(25)22-14(3)16-6-5-7-18(10-16)23-12-20-11-21-23/h5-7,10-15,17H,8-9H2,1-4H3,(H,22,25)/t14-,15-/m0/s1. The maximum atomic E-state index is 12.9. The molecule has 1 aliphatic rings. The zero-order valence-corrected chi connectivity index (χ0v) is 15.4. The van der Waals surface area contributed by atoms with Gasteiger partial charge < -0.3 is 10.2 Å². The molecule has 1 aromatic heterocycles. The van der Waals surface area contributed by atoms with Gasteiger partial charge in [-0.2, -0.15) is 5.10 Å². The van der Waals surface area contributed by atoms with Gasteiger partial charge in [0.2, 0.25) is 0 Å². The second-order valence-electron chi connectivity index (χ2n) is 7.23. The van der Waals surface area contributed by atoms with Crippen molar-refractivity contribution in [2.45, 2.75) is 58.7 Å². The van der Waals surface area contributed by atoms with Crippen molar-refractivity contribution in [1.29, 1.82) is 0 Å². The van der Waals surface area contributed by atoms with Gasteiger partial charge in [0, 0.05) is 12.1 Å². The van der Waals surface area contributed by atoms with E-state index >= 15 is 0 Å². The summed E-state index contributed by atoms with van der Waals surface area (Å²) in [6, 6.07) is 8.60. The van der Waals surface area contributed by atoms with Crippen molar-refractivity contribution in [1.82, 2.24) is 25.0 Å². The van der Waals surface area contributed by atoms with Crippen molar-refractivity contribution in [3.8, 4) is 5.69 Å². The number of aromatic nitrogens is 3. The average Bonchev–Trinajstić information content (AvgIpc) is 3.26. The predicted molar refractivity (Wildman–Crippen MR) is 97.5 cm³/mol. The minimum absolute atomic E-state index is 0.0300. The third-order valence-corrected chi connectivity index (χ3v) is 4.97. The second kappa shape index (κ2) is 7.25. The molecule has 25 heavy (non-hydrogen) atoms. The van der Waals surface area contributed by atoms with Crippen molar-refractivity contribution in [2.24, 2.45) is 5.92 Å². The maximum Gasteiger partial charge on any atom is 0.318 e. The molecule has 1 fully saturated rings. The summed E-state index contributed by atoms with van der Waals surface area (Å²) in [6.07, 6.45) is 5.40. The Bertz CT molecular complexity index is 708. The Morgan fingerprint density at radius 1 is 1.28 bits per heavy atom. The summed E-state index contributed by atoms with van der Waals surface area (Å²) < 4.78 is 1.72. The highest BCUT2D eigenvalue weighted by Gasteiger charge is 2.37. The van der Waals surface area contributed by atoms with Gasteiger partial charge in [-0.25, -0.2) is 14.5 Å². The Hall–Kier alpha value is -2.37. The van der Waals surface area contributed by atoms with Gasteiger partial charge >= 0.3 is 6.03 Å². The Kier molecular flexibility index (Phi) is 5.06. The SMILES string of the molecule is CC(C)[C@H](C)N(C(=O)N[C@@H](C)c1cccc(-n2cncn2)c1)C1CC1. The zero-order valence-electron chi connectivity index (χ0n) is 15.4. The first-order valence-electron chi connectivity index (χ1n) is 9.01. The number of hydrogen-bond donors (Lipinski definition) is 1. The summed E-state index contributed by atoms with van der Waals surface area (Å²) in [6.45, 7) is 8.48. The van der Waals surface area contributed by atoms with Crippen molar-refractivity contribution in [2.75, 3.05) is 0 Å². The van der Waals surface area contributed by atoms with Crippen LogP contribution in [0.3, 0.4) is 0 Å². The van der Waals surface area contributed by atoms with Crippen LogP contribution < -0.4 is 5.32 Å². The highest BCUT2D eigenvalue weighted by Crippen LogP contribution is 2.31. The van der Waals surface area contributed by atoms with Crippen LogP contribution in [-0.4, -0.2) is 37.8 Å².